The van der Waals surface area contributed by atoms with E-state index in [1.165, 1.54) is 0 Å². The highest BCUT2D eigenvalue weighted by atomic mass is 79.9. The highest BCUT2D eigenvalue weighted by molar-refractivity contribution is 9.10. The summed E-state index contributed by atoms with van der Waals surface area (Å²) in [4.78, 5) is 0. The zero-order valence-corrected chi connectivity index (χ0v) is 18.7. The van der Waals surface area contributed by atoms with Gasteiger partial charge in [0.2, 0.25) is 0 Å². The van der Waals surface area contributed by atoms with Crippen LogP contribution < -0.4 is 18.9 Å². The Hall–Kier alpha value is -1.48. The molecule has 2 aromatic rings. The van der Waals surface area contributed by atoms with Gasteiger partial charge in [0.1, 0.15) is 36.2 Å². The number of hydrogen-bond acceptors (Lipinski definition) is 6. The largest absolute Gasteiger partial charge is 0.497 e. The van der Waals surface area contributed by atoms with E-state index in [4.69, 9.17) is 28.8 Å². The molecule has 0 saturated heterocycles. The van der Waals surface area contributed by atoms with Gasteiger partial charge in [-0.2, -0.15) is 0 Å². The quantitative estimate of drug-likeness (QED) is 0.510. The molecular formula is C19H24Br2O6. The van der Waals surface area contributed by atoms with Gasteiger partial charge < -0.3 is 28.8 Å². The van der Waals surface area contributed by atoms with Crippen molar-refractivity contribution in [2.45, 2.75) is 0 Å². The lowest BCUT2D eigenvalue weighted by molar-refractivity contribution is 0.145. The lowest BCUT2D eigenvalue weighted by Crippen LogP contribution is -2.04. The normalized spacial score (nSPS) is 9.85. The summed E-state index contributed by atoms with van der Waals surface area (Å²) < 4.78 is 27.5. The molecule has 27 heavy (non-hydrogen) atoms. The molecule has 0 spiro atoms. The Labute approximate surface area is 176 Å². The maximum absolute atomic E-state index is 8.57. The van der Waals surface area contributed by atoms with Gasteiger partial charge in [-0.25, -0.2) is 0 Å². The maximum Gasteiger partial charge on any atom is 0.137 e. The number of ether oxygens (including phenoxy) is 5. The predicted octanol–water partition coefficient (Wildman–Crippen LogP) is 4.31. The van der Waals surface area contributed by atoms with Crippen molar-refractivity contribution in [3.05, 3.63) is 45.3 Å². The molecule has 0 fully saturated rings. The van der Waals surface area contributed by atoms with E-state index in [1.807, 2.05) is 30.3 Å². The minimum Gasteiger partial charge on any atom is -0.497 e. The number of benzene rings is 2. The molecule has 150 valence electrons. The number of rotatable bonds is 9. The summed E-state index contributed by atoms with van der Waals surface area (Å²) in [7, 11) is 4.87. The fraction of sp³-hybridized carbons (Fsp3) is 0.368. The van der Waals surface area contributed by atoms with Crippen molar-refractivity contribution in [2.75, 3.05) is 47.8 Å². The van der Waals surface area contributed by atoms with E-state index < -0.39 is 0 Å². The lowest BCUT2D eigenvalue weighted by atomic mass is 10.3. The smallest absolute Gasteiger partial charge is 0.137 e. The van der Waals surface area contributed by atoms with Crippen molar-refractivity contribution in [3.63, 3.8) is 0 Å². The Balaban J connectivity index is 0.000000271. The van der Waals surface area contributed by atoms with Crippen LogP contribution in [-0.4, -0.2) is 52.9 Å². The molecule has 0 heterocycles. The second-order valence-electron chi connectivity index (χ2n) is 5.01. The highest BCUT2D eigenvalue weighted by Gasteiger charge is 2.03. The van der Waals surface area contributed by atoms with Gasteiger partial charge in [-0.3, -0.25) is 0 Å². The third-order valence-corrected chi connectivity index (χ3v) is 4.48. The molecule has 0 aliphatic rings. The summed E-state index contributed by atoms with van der Waals surface area (Å²) in [6.07, 6.45) is 0. The van der Waals surface area contributed by atoms with E-state index in [2.05, 4.69) is 31.9 Å². The number of halogens is 2. The number of methoxy groups -OCH3 is 3. The van der Waals surface area contributed by atoms with Crippen molar-refractivity contribution >= 4 is 31.9 Å². The Morgan fingerprint density at radius 3 is 1.63 bits per heavy atom. The zero-order chi connectivity index (χ0) is 20.1. The van der Waals surface area contributed by atoms with Crippen LogP contribution in [-0.2, 0) is 4.74 Å². The van der Waals surface area contributed by atoms with Crippen molar-refractivity contribution in [2.24, 2.45) is 0 Å². The topological polar surface area (TPSA) is 66.4 Å². The van der Waals surface area contributed by atoms with Crippen LogP contribution in [0.4, 0.5) is 0 Å². The first kappa shape index (κ1) is 23.6. The summed E-state index contributed by atoms with van der Waals surface area (Å²) in [5, 5.41) is 8.57. The number of aliphatic hydroxyl groups is 1. The summed E-state index contributed by atoms with van der Waals surface area (Å²) in [5.41, 5.74) is 0. The van der Waals surface area contributed by atoms with Crippen molar-refractivity contribution in [1.82, 2.24) is 0 Å². The average molecular weight is 508 g/mol. The van der Waals surface area contributed by atoms with E-state index in [-0.39, 0.29) is 13.2 Å². The molecule has 0 saturated carbocycles. The highest BCUT2D eigenvalue weighted by Crippen LogP contribution is 2.29. The number of hydrogen-bond donors (Lipinski definition) is 1. The van der Waals surface area contributed by atoms with E-state index in [0.29, 0.717) is 19.0 Å². The van der Waals surface area contributed by atoms with Gasteiger partial charge in [-0.1, -0.05) is 0 Å². The van der Waals surface area contributed by atoms with Crippen LogP contribution >= 0.6 is 31.9 Å². The standard InChI is InChI=1S/C10H13BrO3.C9H11BrO3/c1-12-5-6-14-10-7-8(13-2)3-4-9(10)11;1-12-7-2-3-8(10)9(6-7)13-5-4-11/h3-4,7H,5-6H2,1-2H3;2-3,6,11H,4-5H2,1H3. The van der Waals surface area contributed by atoms with E-state index in [0.717, 1.165) is 26.2 Å². The monoisotopic (exact) mass is 506 g/mol. The summed E-state index contributed by atoms with van der Waals surface area (Å²) in [6.45, 7) is 1.39. The van der Waals surface area contributed by atoms with Crippen LogP contribution in [0.1, 0.15) is 0 Å². The second kappa shape index (κ2) is 13.7. The van der Waals surface area contributed by atoms with Crippen molar-refractivity contribution in [3.8, 4) is 23.0 Å². The molecule has 0 aliphatic carbocycles. The first-order valence-corrected chi connectivity index (χ1v) is 9.66. The Morgan fingerprint density at radius 2 is 1.22 bits per heavy atom. The third kappa shape index (κ3) is 8.83. The molecule has 0 unspecified atom stereocenters. The fourth-order valence-corrected chi connectivity index (χ4v) is 2.56. The molecule has 0 amide bonds. The maximum atomic E-state index is 8.57. The first-order valence-electron chi connectivity index (χ1n) is 8.08. The molecule has 0 atom stereocenters. The fourth-order valence-electron chi connectivity index (χ4n) is 1.83. The van der Waals surface area contributed by atoms with E-state index >= 15 is 0 Å². The molecular weight excluding hydrogens is 484 g/mol. The van der Waals surface area contributed by atoms with E-state index in [9.17, 15) is 0 Å². The van der Waals surface area contributed by atoms with Crippen LogP contribution in [0.3, 0.4) is 0 Å². The summed E-state index contributed by atoms with van der Waals surface area (Å²) in [6, 6.07) is 11.0. The molecule has 0 aliphatic heterocycles. The molecule has 0 radical (unpaired) electrons. The molecule has 2 rings (SSSR count). The first-order chi connectivity index (χ1) is 13.0. The third-order valence-electron chi connectivity index (χ3n) is 3.17. The zero-order valence-electron chi connectivity index (χ0n) is 15.5. The molecule has 0 bridgehead atoms. The summed E-state index contributed by atoms with van der Waals surface area (Å²) in [5.74, 6) is 2.95. The molecule has 1 N–H and O–H groups in total. The number of aliphatic hydroxyl groups excluding tert-OH is 1. The Morgan fingerprint density at radius 1 is 0.741 bits per heavy atom. The minimum atomic E-state index is 0.00362. The van der Waals surface area contributed by atoms with Crippen molar-refractivity contribution < 1.29 is 28.8 Å². The summed E-state index contributed by atoms with van der Waals surface area (Å²) >= 11 is 6.72. The van der Waals surface area contributed by atoms with Crippen LogP contribution in [0.2, 0.25) is 0 Å². The Bertz CT molecular complexity index is 681. The molecule has 0 aromatic heterocycles. The Kier molecular flexibility index (Phi) is 11.9. The van der Waals surface area contributed by atoms with Gasteiger partial charge in [0.15, 0.2) is 0 Å². The van der Waals surface area contributed by atoms with Crippen LogP contribution in [0.25, 0.3) is 0 Å². The molecule has 6 nitrogen and oxygen atoms in total. The lowest BCUT2D eigenvalue weighted by Gasteiger charge is -2.08. The van der Waals surface area contributed by atoms with Crippen LogP contribution in [0.15, 0.2) is 45.3 Å². The van der Waals surface area contributed by atoms with Crippen LogP contribution in [0, 0.1) is 0 Å². The predicted molar refractivity (Wildman–Crippen MR) is 111 cm³/mol. The van der Waals surface area contributed by atoms with Gasteiger partial charge in [0, 0.05) is 19.2 Å². The van der Waals surface area contributed by atoms with Gasteiger partial charge in [-0.05, 0) is 56.1 Å². The van der Waals surface area contributed by atoms with Gasteiger partial charge in [0.25, 0.3) is 0 Å². The average Bonchev–Trinajstić information content (AvgIpc) is 2.69. The SMILES string of the molecule is COCCOc1cc(OC)ccc1Br.COc1ccc(Br)c(OCCO)c1. The second-order valence-corrected chi connectivity index (χ2v) is 6.71. The molecule has 2 aromatic carbocycles. The van der Waals surface area contributed by atoms with Crippen LogP contribution in [0.5, 0.6) is 23.0 Å². The van der Waals surface area contributed by atoms with Gasteiger partial charge in [-0.15, -0.1) is 0 Å². The van der Waals surface area contributed by atoms with Gasteiger partial charge in [0.05, 0.1) is 36.4 Å². The minimum absolute atomic E-state index is 0.00362. The molecule has 8 heteroatoms. The van der Waals surface area contributed by atoms with E-state index in [1.54, 1.807) is 27.4 Å². The van der Waals surface area contributed by atoms with Crippen molar-refractivity contribution in [1.29, 1.82) is 0 Å². The van der Waals surface area contributed by atoms with Gasteiger partial charge >= 0.3 is 0 Å².